The van der Waals surface area contributed by atoms with Gasteiger partial charge in [0.05, 0.1) is 17.6 Å². The van der Waals surface area contributed by atoms with Gasteiger partial charge in [0.25, 0.3) is 0 Å². The van der Waals surface area contributed by atoms with Gasteiger partial charge in [-0.2, -0.15) is 0 Å². The first-order chi connectivity index (χ1) is 18.6. The van der Waals surface area contributed by atoms with Crippen LogP contribution in [0.3, 0.4) is 0 Å². The molecule has 39 heavy (non-hydrogen) atoms. The van der Waals surface area contributed by atoms with Crippen LogP contribution in [0.15, 0.2) is 71.6 Å². The van der Waals surface area contributed by atoms with E-state index in [0.717, 1.165) is 53.3 Å². The molecule has 0 amide bonds. The Balaban J connectivity index is 1.43. The molecule has 5 rings (SSSR count). The summed E-state index contributed by atoms with van der Waals surface area (Å²) in [4.78, 5) is 2.63. The first-order valence-corrected chi connectivity index (χ1v) is 15.1. The first kappa shape index (κ1) is 27.2. The number of sulfone groups is 1. The molecule has 1 saturated heterocycles. The maximum Gasteiger partial charge on any atom is 0.175 e. The summed E-state index contributed by atoms with van der Waals surface area (Å²) in [7, 11) is -3.39. The van der Waals surface area contributed by atoms with Crippen LogP contribution >= 0.6 is 0 Å². The van der Waals surface area contributed by atoms with Gasteiger partial charge in [-0.3, -0.25) is 4.90 Å². The molecule has 2 aliphatic rings. The van der Waals surface area contributed by atoms with E-state index in [9.17, 15) is 13.5 Å². The van der Waals surface area contributed by atoms with E-state index in [1.807, 2.05) is 37.3 Å². The number of allylic oxidation sites excluding steroid dienone is 1. The van der Waals surface area contributed by atoms with E-state index in [0.29, 0.717) is 12.4 Å². The minimum absolute atomic E-state index is 0.140. The molecule has 2 aliphatic heterocycles. The Morgan fingerprint density at radius 1 is 1.10 bits per heavy atom. The number of ether oxygens (including phenoxy) is 3. The zero-order valence-electron chi connectivity index (χ0n) is 22.8. The lowest BCUT2D eigenvalue weighted by molar-refractivity contribution is -0.0372. The SMILES string of the molecule is CC1=C(c2cccc(S(C)(=O)=O)c2)C(c2ccc(OCC(C)N3CCOC(C)C3)cc2)Oc2ccc(O)cc21. The Kier molecular flexibility index (Phi) is 7.71. The monoisotopic (exact) mass is 549 g/mol. The van der Waals surface area contributed by atoms with E-state index in [1.54, 1.807) is 36.4 Å². The second kappa shape index (κ2) is 11.0. The van der Waals surface area contributed by atoms with Crippen LogP contribution < -0.4 is 9.47 Å². The average molecular weight is 550 g/mol. The van der Waals surface area contributed by atoms with Crippen molar-refractivity contribution in [3.63, 3.8) is 0 Å². The number of benzene rings is 3. The smallest absolute Gasteiger partial charge is 0.175 e. The maximum absolute atomic E-state index is 12.3. The van der Waals surface area contributed by atoms with Crippen molar-refractivity contribution < 1.29 is 27.7 Å². The van der Waals surface area contributed by atoms with Crippen LogP contribution in [0.25, 0.3) is 11.1 Å². The molecule has 0 radical (unpaired) electrons. The molecular weight excluding hydrogens is 514 g/mol. The topological polar surface area (TPSA) is 85.3 Å². The number of hydrogen-bond acceptors (Lipinski definition) is 7. The minimum atomic E-state index is -3.39. The van der Waals surface area contributed by atoms with Crippen molar-refractivity contribution in [1.29, 1.82) is 0 Å². The summed E-state index contributed by atoms with van der Waals surface area (Å²) in [5.74, 6) is 1.57. The van der Waals surface area contributed by atoms with Gasteiger partial charge in [-0.05, 0) is 79.9 Å². The second-order valence-electron chi connectivity index (χ2n) is 10.4. The minimum Gasteiger partial charge on any atom is -0.508 e. The van der Waals surface area contributed by atoms with Crippen molar-refractivity contribution >= 4 is 21.0 Å². The summed E-state index contributed by atoms with van der Waals surface area (Å²) in [6.45, 7) is 9.36. The van der Waals surface area contributed by atoms with Crippen molar-refractivity contribution in [3.8, 4) is 17.2 Å². The van der Waals surface area contributed by atoms with Crippen LogP contribution in [0.2, 0.25) is 0 Å². The molecule has 3 unspecified atom stereocenters. The van der Waals surface area contributed by atoms with Gasteiger partial charge in [0.15, 0.2) is 9.84 Å². The van der Waals surface area contributed by atoms with E-state index in [4.69, 9.17) is 14.2 Å². The molecule has 206 valence electrons. The number of phenols is 1. The molecule has 0 aliphatic carbocycles. The van der Waals surface area contributed by atoms with E-state index >= 15 is 0 Å². The maximum atomic E-state index is 12.3. The predicted molar refractivity (Wildman–Crippen MR) is 152 cm³/mol. The van der Waals surface area contributed by atoms with Crippen LogP contribution in [-0.2, 0) is 14.6 Å². The van der Waals surface area contributed by atoms with Gasteiger partial charge in [0.2, 0.25) is 0 Å². The number of rotatable bonds is 7. The quantitative estimate of drug-likeness (QED) is 0.425. The van der Waals surface area contributed by atoms with Crippen LogP contribution in [0.4, 0.5) is 0 Å². The lowest BCUT2D eigenvalue weighted by Crippen LogP contribution is -2.47. The van der Waals surface area contributed by atoms with Crippen LogP contribution in [0.1, 0.15) is 43.6 Å². The number of nitrogens with zero attached hydrogens (tertiary/aromatic N) is 1. The van der Waals surface area contributed by atoms with E-state index in [1.165, 1.54) is 6.26 Å². The van der Waals surface area contributed by atoms with Crippen LogP contribution in [0, 0.1) is 0 Å². The van der Waals surface area contributed by atoms with Crippen LogP contribution in [0.5, 0.6) is 17.2 Å². The van der Waals surface area contributed by atoms with E-state index in [-0.39, 0.29) is 22.8 Å². The Morgan fingerprint density at radius 2 is 1.87 bits per heavy atom. The third-order valence-corrected chi connectivity index (χ3v) is 8.53. The number of phenolic OH excluding ortho intramolecular Hbond substituents is 1. The highest BCUT2D eigenvalue weighted by Gasteiger charge is 2.30. The summed E-state index contributed by atoms with van der Waals surface area (Å²) in [5.41, 5.74) is 4.20. The molecule has 2 heterocycles. The highest BCUT2D eigenvalue weighted by Crippen LogP contribution is 2.47. The summed E-state index contributed by atoms with van der Waals surface area (Å²) >= 11 is 0. The Labute approximate surface area is 230 Å². The molecule has 0 spiro atoms. The lowest BCUT2D eigenvalue weighted by Gasteiger charge is -2.35. The van der Waals surface area contributed by atoms with Crippen molar-refractivity contribution in [2.24, 2.45) is 0 Å². The number of aromatic hydroxyl groups is 1. The molecular formula is C31H35NO6S. The van der Waals surface area contributed by atoms with Crippen molar-refractivity contribution in [2.45, 2.75) is 43.9 Å². The molecule has 0 saturated carbocycles. The summed E-state index contributed by atoms with van der Waals surface area (Å²) in [5, 5.41) is 10.1. The largest absolute Gasteiger partial charge is 0.508 e. The molecule has 3 atom stereocenters. The molecule has 8 heteroatoms. The molecule has 1 N–H and O–H groups in total. The van der Waals surface area contributed by atoms with Gasteiger partial charge in [-0.1, -0.05) is 24.3 Å². The van der Waals surface area contributed by atoms with Crippen molar-refractivity contribution in [2.75, 3.05) is 32.6 Å². The van der Waals surface area contributed by atoms with E-state index in [2.05, 4.69) is 18.7 Å². The second-order valence-corrected chi connectivity index (χ2v) is 12.4. The third kappa shape index (κ3) is 5.98. The number of morpholine rings is 1. The van der Waals surface area contributed by atoms with E-state index < -0.39 is 15.9 Å². The zero-order valence-corrected chi connectivity index (χ0v) is 23.6. The highest BCUT2D eigenvalue weighted by atomic mass is 32.2. The Morgan fingerprint density at radius 3 is 2.59 bits per heavy atom. The zero-order chi connectivity index (χ0) is 27.7. The van der Waals surface area contributed by atoms with Gasteiger partial charge in [-0.25, -0.2) is 8.42 Å². The first-order valence-electron chi connectivity index (χ1n) is 13.2. The normalized spacial score (nSPS) is 20.7. The van der Waals surface area contributed by atoms with Crippen molar-refractivity contribution in [3.05, 3.63) is 83.4 Å². The van der Waals surface area contributed by atoms with Gasteiger partial charge >= 0.3 is 0 Å². The predicted octanol–water partition coefficient (Wildman–Crippen LogP) is 5.35. The van der Waals surface area contributed by atoms with Crippen LogP contribution in [-0.4, -0.2) is 63.1 Å². The number of hydrogen-bond donors (Lipinski definition) is 1. The summed E-state index contributed by atoms with van der Waals surface area (Å²) in [6, 6.07) is 20.1. The Hall–Kier alpha value is -3.33. The molecule has 0 aromatic heterocycles. The fourth-order valence-electron chi connectivity index (χ4n) is 5.25. The molecule has 1 fully saturated rings. The van der Waals surface area contributed by atoms with Gasteiger partial charge in [-0.15, -0.1) is 0 Å². The molecule has 3 aromatic rings. The van der Waals surface area contributed by atoms with Gasteiger partial charge < -0.3 is 19.3 Å². The van der Waals surface area contributed by atoms with Gasteiger partial charge in [0, 0.05) is 36.5 Å². The number of fused-ring (bicyclic) bond motifs is 1. The standard InChI is InChI=1S/C31H35NO6S/c1-20(32-14-15-36-21(2)18-32)19-37-26-11-8-23(9-12-26)31-30(24-6-5-7-27(16-24)39(4,34)35)22(3)28-17-25(33)10-13-29(28)38-31/h5-13,16-17,20-21,31,33H,14-15,18-19H2,1-4H3. The molecule has 0 bridgehead atoms. The fourth-order valence-corrected chi connectivity index (χ4v) is 5.91. The van der Waals surface area contributed by atoms with Gasteiger partial charge in [0.1, 0.15) is 30.0 Å². The highest BCUT2D eigenvalue weighted by molar-refractivity contribution is 7.90. The van der Waals surface area contributed by atoms with Crippen molar-refractivity contribution in [1.82, 2.24) is 4.90 Å². The average Bonchev–Trinajstić information content (AvgIpc) is 2.92. The lowest BCUT2D eigenvalue weighted by atomic mass is 9.86. The Bertz CT molecular complexity index is 1480. The third-order valence-electron chi connectivity index (χ3n) is 7.42. The molecule has 3 aromatic carbocycles. The fraction of sp³-hybridized carbons (Fsp3) is 0.355. The summed E-state index contributed by atoms with van der Waals surface area (Å²) < 4.78 is 42.9. The molecule has 7 nitrogen and oxygen atoms in total. The summed E-state index contributed by atoms with van der Waals surface area (Å²) in [6.07, 6.45) is 0.961.